The van der Waals surface area contributed by atoms with Crippen LogP contribution in [0.25, 0.3) is 0 Å². The Morgan fingerprint density at radius 1 is 0.905 bits per heavy atom. The van der Waals surface area contributed by atoms with Gasteiger partial charge in [0.2, 0.25) is 0 Å². The maximum atomic E-state index is 5.07. The first-order chi connectivity index (χ1) is 10.0. The summed E-state index contributed by atoms with van der Waals surface area (Å²) in [5.41, 5.74) is 3.85. The van der Waals surface area contributed by atoms with Crippen LogP contribution in [0.15, 0.2) is 59.6 Å². The maximum absolute atomic E-state index is 5.07. The molecule has 1 aliphatic rings. The summed E-state index contributed by atoms with van der Waals surface area (Å²) >= 11 is -2.20. The second-order valence-electron chi connectivity index (χ2n) is 6.77. The van der Waals surface area contributed by atoms with Gasteiger partial charge in [0.25, 0.3) is 0 Å². The number of hydrogen-bond acceptors (Lipinski definition) is 1. The predicted molar refractivity (Wildman–Crippen MR) is 93.9 cm³/mol. The van der Waals surface area contributed by atoms with Crippen molar-refractivity contribution in [3.05, 3.63) is 72.1 Å². The van der Waals surface area contributed by atoms with Gasteiger partial charge in [0.05, 0.1) is 0 Å². The molecule has 107 valence electrons. The minimum atomic E-state index is -2.20. The summed E-state index contributed by atoms with van der Waals surface area (Å²) in [5.74, 6) is 0.470. The number of fused-ring (bicyclic) bond motifs is 1. The summed E-state index contributed by atoms with van der Waals surface area (Å²) in [4.78, 5) is 12.5. The molecule has 1 atom stereocenters. The number of rotatable bonds is 3. The van der Waals surface area contributed by atoms with E-state index in [-0.39, 0.29) is 0 Å². The molecule has 1 unspecified atom stereocenters. The average Bonchev–Trinajstić information content (AvgIpc) is 2.46. The van der Waals surface area contributed by atoms with Gasteiger partial charge in [0, 0.05) is 0 Å². The van der Waals surface area contributed by atoms with Gasteiger partial charge in [-0.25, -0.2) is 0 Å². The fourth-order valence-electron chi connectivity index (χ4n) is 2.99. The Morgan fingerprint density at radius 2 is 1.57 bits per heavy atom. The van der Waals surface area contributed by atoms with Crippen LogP contribution in [0, 0.1) is 12.3 Å². The Labute approximate surface area is 132 Å². The minimum absolute atomic E-state index is 0.470. The summed E-state index contributed by atoms with van der Waals surface area (Å²) < 4.78 is 1.49. The van der Waals surface area contributed by atoms with Gasteiger partial charge in [-0.05, 0) is 0 Å². The van der Waals surface area contributed by atoms with E-state index in [4.69, 9.17) is 4.99 Å². The number of hydrogen-bond donors (Lipinski definition) is 0. The summed E-state index contributed by atoms with van der Waals surface area (Å²) in [5, 5.41) is 0. The average molecular weight is 383 g/mol. The normalized spacial score (nSPS) is 18.0. The Hall–Kier alpha value is -1.09. The number of aliphatic imine (C=N–C) groups is 1. The molecule has 0 saturated heterocycles. The van der Waals surface area contributed by atoms with E-state index in [9.17, 15) is 0 Å². The van der Waals surface area contributed by atoms with Gasteiger partial charge in [-0.2, -0.15) is 0 Å². The molecule has 0 saturated carbocycles. The molecule has 1 aliphatic heterocycles. The molecular weight excluding hydrogens is 361 g/mol. The van der Waals surface area contributed by atoms with Crippen molar-refractivity contribution < 1.29 is 0 Å². The van der Waals surface area contributed by atoms with Gasteiger partial charge >= 0.3 is 132 Å². The molecule has 21 heavy (non-hydrogen) atoms. The fourth-order valence-corrected chi connectivity index (χ4v) is 7.99. The van der Waals surface area contributed by atoms with Gasteiger partial charge in [-0.3, -0.25) is 0 Å². The van der Waals surface area contributed by atoms with E-state index in [1.807, 2.05) is 0 Å². The van der Waals surface area contributed by atoms with Crippen LogP contribution in [0.4, 0.5) is 5.69 Å². The zero-order chi connectivity index (χ0) is 14.9. The van der Waals surface area contributed by atoms with Gasteiger partial charge in [0.15, 0.2) is 0 Å². The topological polar surface area (TPSA) is 12.4 Å². The van der Waals surface area contributed by atoms with Crippen LogP contribution in [0.1, 0.15) is 11.1 Å². The Bertz CT molecular complexity index is 653. The predicted octanol–water partition coefficient (Wildman–Crippen LogP) is 5.06. The van der Waals surface area contributed by atoms with E-state index in [1.54, 1.807) is 0 Å². The van der Waals surface area contributed by atoms with Crippen molar-refractivity contribution in [3.8, 4) is 0 Å². The van der Waals surface area contributed by atoms with E-state index in [0.717, 1.165) is 12.1 Å². The fraction of sp³-hybridized carbons (Fsp3) is 0.263. The van der Waals surface area contributed by atoms with E-state index >= 15 is 0 Å². The monoisotopic (exact) mass is 384 g/mol. The van der Waals surface area contributed by atoms with Crippen molar-refractivity contribution >= 4 is 27.8 Å². The third-order valence-corrected chi connectivity index (χ3v) is 9.74. The van der Waals surface area contributed by atoms with Crippen molar-refractivity contribution in [2.75, 3.05) is 0 Å². The van der Waals surface area contributed by atoms with Crippen molar-refractivity contribution in [2.45, 2.75) is 21.2 Å². The van der Waals surface area contributed by atoms with E-state index < -0.39 is 18.4 Å². The second-order valence-corrected chi connectivity index (χ2v) is 21.1. The first kappa shape index (κ1) is 14.8. The second kappa shape index (κ2) is 5.96. The molecule has 0 aliphatic carbocycles. The van der Waals surface area contributed by atoms with Crippen LogP contribution >= 0.6 is 0 Å². The molecule has 2 aromatic carbocycles. The molecule has 0 bridgehead atoms. The van der Waals surface area contributed by atoms with Crippen molar-refractivity contribution in [2.24, 2.45) is 10.9 Å². The van der Waals surface area contributed by atoms with Crippen molar-refractivity contribution in [1.82, 2.24) is 0 Å². The third-order valence-electron chi connectivity index (χ3n) is 3.98. The van der Waals surface area contributed by atoms with E-state index in [1.165, 1.54) is 14.9 Å². The zero-order valence-electron chi connectivity index (χ0n) is 13.0. The first-order valence-corrected chi connectivity index (χ1v) is 17.6. The Balaban J connectivity index is 1.96. The summed E-state index contributed by atoms with van der Waals surface area (Å²) in [6.07, 6.45) is 3.51. The van der Waals surface area contributed by atoms with Crippen molar-refractivity contribution in [3.63, 3.8) is 0 Å². The van der Waals surface area contributed by atoms with Crippen LogP contribution in [0.2, 0.25) is 14.8 Å². The molecule has 2 aromatic rings. The number of para-hydroxylation sites is 1. The number of benzene rings is 2. The molecule has 0 N–H and O–H groups in total. The van der Waals surface area contributed by atoms with Gasteiger partial charge in [0.1, 0.15) is 0 Å². The van der Waals surface area contributed by atoms with Crippen LogP contribution < -0.4 is 0 Å². The zero-order valence-corrected chi connectivity index (χ0v) is 15.9. The molecule has 1 radical (unpaired) electrons. The first-order valence-electron chi connectivity index (χ1n) is 7.61. The van der Waals surface area contributed by atoms with Gasteiger partial charge < -0.3 is 0 Å². The quantitative estimate of drug-likeness (QED) is 0.657. The molecule has 0 aromatic heterocycles. The van der Waals surface area contributed by atoms with E-state index in [0.29, 0.717) is 5.92 Å². The summed E-state index contributed by atoms with van der Waals surface area (Å²) in [7, 11) is 0. The van der Waals surface area contributed by atoms with Gasteiger partial charge in [-0.1, -0.05) is 0 Å². The molecule has 1 heterocycles. The van der Waals surface area contributed by atoms with E-state index in [2.05, 4.69) is 75.8 Å². The van der Waals surface area contributed by atoms with Crippen molar-refractivity contribution in [1.29, 1.82) is 0 Å². The third kappa shape index (κ3) is 3.39. The number of nitrogens with zero attached hydrogens (tertiary/aromatic N) is 1. The molecule has 0 spiro atoms. The Kier molecular flexibility index (Phi) is 4.21. The standard InChI is InChI=1S/C16H13N.3CH3.Sn/c1-2-6-13(7-3-1)10-14-11-15-8-4-5-9-16(15)17-12-14;;;;/h1-9,11,14H,10H2;3*1H3;. The van der Waals surface area contributed by atoms with Crippen LogP contribution in [-0.2, 0) is 6.42 Å². The molecular formula is C19H22NSn. The SMILES string of the molecule is [CH3][Sn]([CH3])([CH3])[C]1=Nc2ccccc2[CH]C1Cc1ccccc1. The summed E-state index contributed by atoms with van der Waals surface area (Å²) in [6.45, 7) is 0. The molecule has 2 heteroatoms. The van der Waals surface area contributed by atoms with Crippen LogP contribution in [0.3, 0.4) is 0 Å². The Morgan fingerprint density at radius 3 is 2.29 bits per heavy atom. The molecule has 0 fully saturated rings. The molecule has 1 nitrogen and oxygen atoms in total. The summed E-state index contributed by atoms with van der Waals surface area (Å²) in [6, 6.07) is 19.3. The molecule has 3 rings (SSSR count). The van der Waals surface area contributed by atoms with Crippen LogP contribution in [-0.4, -0.2) is 22.1 Å². The van der Waals surface area contributed by atoms with Crippen LogP contribution in [0.5, 0.6) is 0 Å². The molecule has 0 amide bonds. The van der Waals surface area contributed by atoms with Gasteiger partial charge in [-0.15, -0.1) is 0 Å².